The Bertz CT molecular complexity index is 1310. The van der Waals surface area contributed by atoms with Crippen LogP contribution in [0, 0.1) is 0 Å². The Kier molecular flexibility index (Phi) is 7.14. The van der Waals surface area contributed by atoms with Crippen LogP contribution in [0.2, 0.25) is 0 Å². The number of nitrogens with zero attached hydrogens (tertiary/aromatic N) is 4. The molecule has 33 heavy (non-hydrogen) atoms. The predicted octanol–water partition coefficient (Wildman–Crippen LogP) is 4.13. The molecule has 2 aromatic heterocycles. The number of carbonyl (C=O) groups excluding carboxylic acids is 1. The van der Waals surface area contributed by atoms with E-state index in [1.165, 1.54) is 23.1 Å². The highest BCUT2D eigenvalue weighted by Gasteiger charge is 2.25. The Labute approximate surface area is 199 Å². The normalized spacial score (nSPS) is 12.1. The topological polar surface area (TPSA) is 88.2 Å². The molecule has 4 rings (SSSR count). The molecule has 0 amide bonds. The van der Waals surface area contributed by atoms with Crippen LogP contribution in [0.3, 0.4) is 0 Å². The minimum absolute atomic E-state index is 0.0624. The van der Waals surface area contributed by atoms with Gasteiger partial charge in [0.1, 0.15) is 11.0 Å². The fourth-order valence-electron chi connectivity index (χ4n) is 3.44. The Morgan fingerprint density at radius 3 is 2.58 bits per heavy atom. The van der Waals surface area contributed by atoms with Crippen molar-refractivity contribution in [3.8, 4) is 11.4 Å². The van der Waals surface area contributed by atoms with Crippen LogP contribution in [0.5, 0.6) is 5.75 Å². The van der Waals surface area contributed by atoms with Gasteiger partial charge < -0.3 is 9.47 Å². The van der Waals surface area contributed by atoms with Crippen LogP contribution in [0.1, 0.15) is 26.1 Å². The molecule has 0 saturated heterocycles. The highest BCUT2D eigenvalue weighted by atomic mass is 32.2. The van der Waals surface area contributed by atoms with E-state index < -0.39 is 5.25 Å². The van der Waals surface area contributed by atoms with Crippen LogP contribution in [0.25, 0.3) is 15.9 Å². The van der Waals surface area contributed by atoms with E-state index in [1.807, 2.05) is 60.0 Å². The van der Waals surface area contributed by atoms with Gasteiger partial charge in [-0.15, -0.1) is 10.2 Å². The number of methoxy groups -OCH3 is 1. The molecule has 0 aliphatic rings. The number of carbonyl (C=O) groups is 1. The minimum Gasteiger partial charge on any atom is -0.497 e. The zero-order valence-electron chi connectivity index (χ0n) is 18.6. The van der Waals surface area contributed by atoms with E-state index in [0.29, 0.717) is 24.0 Å². The molecule has 0 N–H and O–H groups in total. The molecule has 0 unspecified atom stereocenters. The molecule has 2 aromatic carbocycles. The first kappa shape index (κ1) is 23.1. The third-order valence-electron chi connectivity index (χ3n) is 5.07. The Morgan fingerprint density at radius 2 is 1.88 bits per heavy atom. The molecule has 0 saturated carbocycles. The molecule has 0 radical (unpaired) electrons. The first-order valence-electron chi connectivity index (χ1n) is 10.6. The summed E-state index contributed by atoms with van der Waals surface area (Å²) < 4.78 is 15.0. The van der Waals surface area contributed by atoms with E-state index in [1.54, 1.807) is 18.6 Å². The van der Waals surface area contributed by atoms with E-state index in [9.17, 15) is 9.59 Å². The maximum atomic E-state index is 12.7. The lowest BCUT2D eigenvalue weighted by molar-refractivity contribution is -0.142. The summed E-state index contributed by atoms with van der Waals surface area (Å²) in [5, 5.41) is 8.93. The maximum absolute atomic E-state index is 12.7. The summed E-state index contributed by atoms with van der Waals surface area (Å²) in [5.74, 6) is 1.03. The third kappa shape index (κ3) is 4.81. The van der Waals surface area contributed by atoms with Gasteiger partial charge in [-0.25, -0.2) is 0 Å². The van der Waals surface area contributed by atoms with Crippen molar-refractivity contribution in [1.82, 2.24) is 19.3 Å². The van der Waals surface area contributed by atoms with Crippen molar-refractivity contribution in [1.29, 1.82) is 0 Å². The van der Waals surface area contributed by atoms with Crippen molar-refractivity contribution in [3.63, 3.8) is 0 Å². The number of para-hydroxylation sites is 1. The van der Waals surface area contributed by atoms with Crippen molar-refractivity contribution in [2.24, 2.45) is 0 Å². The monoisotopic (exact) mass is 484 g/mol. The van der Waals surface area contributed by atoms with E-state index in [2.05, 4.69) is 10.2 Å². The first-order valence-corrected chi connectivity index (χ1v) is 12.3. The summed E-state index contributed by atoms with van der Waals surface area (Å²) >= 11 is 2.51. The highest BCUT2D eigenvalue weighted by molar-refractivity contribution is 8.00. The second kappa shape index (κ2) is 10.2. The lowest BCUT2D eigenvalue weighted by atomic mass is 10.3. The molecule has 0 aliphatic heterocycles. The van der Waals surface area contributed by atoms with Crippen molar-refractivity contribution in [3.05, 3.63) is 64.0 Å². The zero-order valence-corrected chi connectivity index (χ0v) is 20.2. The first-order chi connectivity index (χ1) is 16.0. The standard InChI is InChI=1S/C23H24N4O4S2/c1-4-18(21(28)31-5-2)32-22-25-24-20(27(22)15-10-12-16(30-3)13-11-15)14-26-17-8-6-7-9-19(17)33-23(26)29/h6-13,18H,4-5,14H2,1-3H3/t18-/m1/s1. The third-order valence-corrected chi connectivity index (χ3v) is 7.32. The smallest absolute Gasteiger partial charge is 0.319 e. The van der Waals surface area contributed by atoms with E-state index >= 15 is 0 Å². The Balaban J connectivity index is 1.77. The van der Waals surface area contributed by atoms with Crippen LogP contribution in [-0.4, -0.2) is 44.3 Å². The average molecular weight is 485 g/mol. The minimum atomic E-state index is -0.413. The lowest BCUT2D eigenvalue weighted by Gasteiger charge is -2.15. The second-order valence-corrected chi connectivity index (χ2v) is 9.28. The molecule has 172 valence electrons. The number of aromatic nitrogens is 4. The van der Waals surface area contributed by atoms with Gasteiger partial charge in [0.15, 0.2) is 11.0 Å². The molecular formula is C23H24N4O4S2. The molecule has 10 heteroatoms. The Morgan fingerprint density at radius 1 is 1.12 bits per heavy atom. The number of esters is 1. The van der Waals surface area contributed by atoms with E-state index in [0.717, 1.165) is 21.7 Å². The van der Waals surface area contributed by atoms with Gasteiger partial charge in [0.2, 0.25) is 0 Å². The molecule has 4 aromatic rings. The largest absolute Gasteiger partial charge is 0.497 e. The zero-order chi connectivity index (χ0) is 23.4. The van der Waals surface area contributed by atoms with Crippen LogP contribution in [0.4, 0.5) is 0 Å². The van der Waals surface area contributed by atoms with Gasteiger partial charge in [-0.2, -0.15) is 0 Å². The summed E-state index contributed by atoms with van der Waals surface area (Å²) in [6.45, 7) is 4.29. The fourth-order valence-corrected chi connectivity index (χ4v) is 5.32. The van der Waals surface area contributed by atoms with Crippen molar-refractivity contribution < 1.29 is 14.3 Å². The fraction of sp³-hybridized carbons (Fsp3) is 0.304. The van der Waals surface area contributed by atoms with Gasteiger partial charge in [0.25, 0.3) is 0 Å². The van der Waals surface area contributed by atoms with Gasteiger partial charge in [-0.1, -0.05) is 42.2 Å². The molecule has 0 spiro atoms. The van der Waals surface area contributed by atoms with Gasteiger partial charge in [0.05, 0.1) is 30.5 Å². The number of thiazole rings is 1. The highest BCUT2D eigenvalue weighted by Crippen LogP contribution is 2.29. The number of benzene rings is 2. The second-order valence-electron chi connectivity index (χ2n) is 7.12. The van der Waals surface area contributed by atoms with Crippen LogP contribution in [-0.2, 0) is 16.1 Å². The molecule has 1 atom stereocenters. The van der Waals surface area contributed by atoms with Crippen molar-refractivity contribution >= 4 is 39.3 Å². The summed E-state index contributed by atoms with van der Waals surface area (Å²) in [4.78, 5) is 25.0. The summed E-state index contributed by atoms with van der Waals surface area (Å²) in [6.07, 6.45) is 0.586. The number of fused-ring (bicyclic) bond motifs is 1. The van der Waals surface area contributed by atoms with Gasteiger partial charge in [0, 0.05) is 5.69 Å². The summed E-state index contributed by atoms with van der Waals surface area (Å²) in [5.41, 5.74) is 1.66. The van der Waals surface area contributed by atoms with E-state index in [4.69, 9.17) is 9.47 Å². The molecular weight excluding hydrogens is 460 g/mol. The molecule has 8 nitrogen and oxygen atoms in total. The van der Waals surface area contributed by atoms with Crippen molar-refractivity contribution in [2.45, 2.75) is 37.2 Å². The quantitative estimate of drug-likeness (QED) is 0.261. The van der Waals surface area contributed by atoms with Gasteiger partial charge in [-0.3, -0.25) is 18.7 Å². The van der Waals surface area contributed by atoms with Crippen molar-refractivity contribution in [2.75, 3.05) is 13.7 Å². The van der Waals surface area contributed by atoms with Crippen LogP contribution in [0.15, 0.2) is 58.5 Å². The molecule has 2 heterocycles. The van der Waals surface area contributed by atoms with Gasteiger partial charge in [-0.05, 0) is 49.7 Å². The molecule has 0 fully saturated rings. The Hall–Kier alpha value is -3.11. The van der Waals surface area contributed by atoms with Gasteiger partial charge >= 0.3 is 10.8 Å². The number of rotatable bonds is 9. The maximum Gasteiger partial charge on any atom is 0.319 e. The number of hydrogen-bond acceptors (Lipinski definition) is 8. The number of ether oxygens (including phenoxy) is 2. The number of hydrogen-bond donors (Lipinski definition) is 0. The van der Waals surface area contributed by atoms with E-state index in [-0.39, 0.29) is 17.4 Å². The number of thioether (sulfide) groups is 1. The average Bonchev–Trinajstić information content (AvgIpc) is 3.38. The SMILES string of the molecule is CCOC(=O)[C@@H](CC)Sc1nnc(Cn2c(=O)sc3ccccc32)n1-c1ccc(OC)cc1. The molecule has 0 bridgehead atoms. The summed E-state index contributed by atoms with van der Waals surface area (Å²) in [7, 11) is 1.61. The van der Waals surface area contributed by atoms with Crippen LogP contribution < -0.4 is 9.61 Å². The lowest BCUT2D eigenvalue weighted by Crippen LogP contribution is -2.20. The summed E-state index contributed by atoms with van der Waals surface area (Å²) in [6, 6.07) is 15.2. The predicted molar refractivity (Wildman–Crippen MR) is 130 cm³/mol. The van der Waals surface area contributed by atoms with Crippen LogP contribution >= 0.6 is 23.1 Å². The molecule has 0 aliphatic carbocycles.